The van der Waals surface area contributed by atoms with Crippen molar-refractivity contribution in [2.45, 2.75) is 64.4 Å². The Morgan fingerprint density at radius 1 is 1.43 bits per heavy atom. The number of amides is 1. The molecule has 2 rings (SSSR count). The van der Waals surface area contributed by atoms with Gasteiger partial charge in [0.1, 0.15) is 0 Å². The Kier molecular flexibility index (Phi) is 7.13. The standard InChI is InChI=1S/C21H31ClN2O2SSi/c1-8-11-17-18(14(2)26-28(6,7)21(3,4)5)19(25)24(17)20(27)23-16-13-10-9-12-15(16)22/h8-10,12-14,17-18H,1,11H2,2-7H3,(H,23,27)/t14-,17-,18-/m1/s1. The van der Waals surface area contributed by atoms with Crippen molar-refractivity contribution in [2.75, 3.05) is 5.32 Å². The van der Waals surface area contributed by atoms with E-state index >= 15 is 0 Å². The second kappa shape index (κ2) is 8.65. The molecule has 1 amide bonds. The van der Waals surface area contributed by atoms with E-state index in [1.807, 2.05) is 31.2 Å². The summed E-state index contributed by atoms with van der Waals surface area (Å²) >= 11 is 11.7. The van der Waals surface area contributed by atoms with E-state index in [4.69, 9.17) is 28.2 Å². The van der Waals surface area contributed by atoms with Gasteiger partial charge in [-0.1, -0.05) is 50.6 Å². The molecule has 0 bridgehead atoms. The van der Waals surface area contributed by atoms with E-state index in [9.17, 15) is 4.79 Å². The fourth-order valence-electron chi connectivity index (χ4n) is 3.21. The molecular weight excluding hydrogens is 408 g/mol. The summed E-state index contributed by atoms with van der Waals surface area (Å²) < 4.78 is 6.49. The zero-order chi connectivity index (χ0) is 21.3. The normalized spacial score (nSPS) is 21.1. The molecule has 3 atom stereocenters. The molecule has 1 N–H and O–H groups in total. The van der Waals surface area contributed by atoms with Crippen LogP contribution in [0.5, 0.6) is 0 Å². The van der Waals surface area contributed by atoms with Crippen LogP contribution in [0.3, 0.4) is 0 Å². The maximum atomic E-state index is 13.0. The molecule has 4 nitrogen and oxygen atoms in total. The summed E-state index contributed by atoms with van der Waals surface area (Å²) in [6.07, 6.45) is 2.32. The van der Waals surface area contributed by atoms with Crippen LogP contribution in [-0.2, 0) is 9.22 Å². The number of halogens is 1. The highest BCUT2D eigenvalue weighted by Crippen LogP contribution is 2.41. The van der Waals surface area contributed by atoms with Gasteiger partial charge in [-0.25, -0.2) is 0 Å². The molecule has 0 spiro atoms. The van der Waals surface area contributed by atoms with Crippen molar-refractivity contribution in [2.24, 2.45) is 5.92 Å². The van der Waals surface area contributed by atoms with Gasteiger partial charge in [-0.15, -0.1) is 6.58 Å². The smallest absolute Gasteiger partial charge is 0.236 e. The largest absolute Gasteiger partial charge is 0.413 e. The van der Waals surface area contributed by atoms with Crippen molar-refractivity contribution in [3.8, 4) is 0 Å². The Morgan fingerprint density at radius 2 is 2.04 bits per heavy atom. The summed E-state index contributed by atoms with van der Waals surface area (Å²) in [6, 6.07) is 7.27. The maximum absolute atomic E-state index is 13.0. The average molecular weight is 439 g/mol. The summed E-state index contributed by atoms with van der Waals surface area (Å²) in [4.78, 5) is 14.6. The van der Waals surface area contributed by atoms with Gasteiger partial charge < -0.3 is 9.74 Å². The lowest BCUT2D eigenvalue weighted by molar-refractivity contribution is -0.153. The molecule has 0 aliphatic carbocycles. The molecule has 7 heteroatoms. The number of thiocarbonyl (C=S) groups is 1. The number of hydrogen-bond acceptors (Lipinski definition) is 3. The number of likely N-dealkylation sites (tertiary alicyclic amines) is 1. The summed E-state index contributed by atoms with van der Waals surface area (Å²) in [7, 11) is -1.98. The second-order valence-corrected chi connectivity index (χ2v) is 14.4. The third kappa shape index (κ3) is 4.67. The van der Waals surface area contributed by atoms with Crippen molar-refractivity contribution in [1.29, 1.82) is 0 Å². The highest BCUT2D eigenvalue weighted by molar-refractivity contribution is 7.80. The lowest BCUT2D eigenvalue weighted by atomic mass is 9.82. The topological polar surface area (TPSA) is 41.6 Å². The van der Waals surface area contributed by atoms with Gasteiger partial charge in [-0.2, -0.15) is 0 Å². The minimum absolute atomic E-state index is 0.0115. The van der Waals surface area contributed by atoms with Crippen LogP contribution >= 0.6 is 23.8 Å². The van der Waals surface area contributed by atoms with Crippen molar-refractivity contribution in [3.05, 3.63) is 41.9 Å². The van der Waals surface area contributed by atoms with E-state index in [0.29, 0.717) is 22.2 Å². The Morgan fingerprint density at radius 3 is 2.57 bits per heavy atom. The minimum atomic E-state index is -1.98. The van der Waals surface area contributed by atoms with Gasteiger partial charge in [0.25, 0.3) is 0 Å². The maximum Gasteiger partial charge on any atom is 0.236 e. The summed E-state index contributed by atoms with van der Waals surface area (Å²) in [5.74, 6) is -0.235. The molecule has 1 heterocycles. The van der Waals surface area contributed by atoms with E-state index in [0.717, 1.165) is 0 Å². The van der Waals surface area contributed by atoms with Crippen molar-refractivity contribution >= 4 is 48.8 Å². The number of carbonyl (C=O) groups is 1. The molecule has 1 saturated heterocycles. The fraction of sp³-hybridized carbons (Fsp3) is 0.524. The lowest BCUT2D eigenvalue weighted by Crippen LogP contribution is -2.67. The number of β-lactam (4-membered cyclic amide) rings is 1. The van der Waals surface area contributed by atoms with Crippen LogP contribution in [-0.4, -0.2) is 36.4 Å². The molecule has 0 aromatic heterocycles. The van der Waals surface area contributed by atoms with Gasteiger partial charge in [-0.3, -0.25) is 9.69 Å². The van der Waals surface area contributed by atoms with E-state index in [2.05, 4.69) is 45.8 Å². The average Bonchev–Trinajstić information content (AvgIpc) is 2.55. The fourth-order valence-corrected chi connectivity index (χ4v) is 5.15. The van der Waals surface area contributed by atoms with Gasteiger partial charge in [0, 0.05) is 0 Å². The summed E-state index contributed by atoms with van der Waals surface area (Å²) in [5.41, 5.74) is 0.688. The zero-order valence-electron chi connectivity index (χ0n) is 17.6. The monoisotopic (exact) mass is 438 g/mol. The number of hydrogen-bond donors (Lipinski definition) is 1. The number of carbonyl (C=O) groups excluding carboxylic acids is 1. The second-order valence-electron chi connectivity index (χ2n) is 8.82. The van der Waals surface area contributed by atoms with Crippen LogP contribution in [0.15, 0.2) is 36.9 Å². The highest BCUT2D eigenvalue weighted by atomic mass is 35.5. The zero-order valence-corrected chi connectivity index (χ0v) is 20.2. The predicted octanol–water partition coefficient (Wildman–Crippen LogP) is 5.85. The molecule has 1 aromatic carbocycles. The van der Waals surface area contributed by atoms with Crippen molar-refractivity contribution < 1.29 is 9.22 Å². The molecule has 1 fully saturated rings. The van der Waals surface area contributed by atoms with Crippen LogP contribution in [0.25, 0.3) is 0 Å². The van der Waals surface area contributed by atoms with Gasteiger partial charge in [-0.05, 0) is 55.8 Å². The predicted molar refractivity (Wildman–Crippen MR) is 124 cm³/mol. The Bertz CT molecular complexity index is 763. The first-order valence-electron chi connectivity index (χ1n) is 9.58. The van der Waals surface area contributed by atoms with E-state index in [1.165, 1.54) is 0 Å². The molecule has 28 heavy (non-hydrogen) atoms. The summed E-state index contributed by atoms with van der Waals surface area (Å²) in [5, 5.41) is 4.11. The van der Waals surface area contributed by atoms with Gasteiger partial charge in [0.15, 0.2) is 13.4 Å². The first-order chi connectivity index (χ1) is 12.9. The van der Waals surface area contributed by atoms with Crippen molar-refractivity contribution in [1.82, 2.24) is 4.90 Å². The number of nitrogens with zero attached hydrogens (tertiary/aromatic N) is 1. The highest BCUT2D eigenvalue weighted by Gasteiger charge is 2.53. The minimum Gasteiger partial charge on any atom is -0.413 e. The lowest BCUT2D eigenvalue weighted by Gasteiger charge is -2.51. The molecular formula is C21H31ClN2O2SSi. The van der Waals surface area contributed by atoms with Gasteiger partial charge in [0.05, 0.1) is 28.8 Å². The third-order valence-corrected chi connectivity index (χ3v) is 11.0. The van der Waals surface area contributed by atoms with Gasteiger partial charge in [0.2, 0.25) is 5.91 Å². The van der Waals surface area contributed by atoms with Crippen LogP contribution in [0.2, 0.25) is 23.2 Å². The SMILES string of the molecule is C=CC[C@@H]1[C@@H]([C@@H](C)O[Si](C)(C)C(C)(C)C)C(=O)N1C(=S)Nc1ccccc1Cl. The Hall–Kier alpha value is -1.21. The van der Waals surface area contributed by atoms with Gasteiger partial charge >= 0.3 is 0 Å². The number of benzene rings is 1. The number of rotatable bonds is 6. The van der Waals surface area contributed by atoms with Crippen LogP contribution in [0.1, 0.15) is 34.1 Å². The Labute approximate surface area is 180 Å². The molecule has 0 unspecified atom stereocenters. The number of para-hydroxylation sites is 1. The quantitative estimate of drug-likeness (QED) is 0.262. The molecule has 1 aliphatic heterocycles. The van der Waals surface area contributed by atoms with Crippen LogP contribution in [0.4, 0.5) is 5.69 Å². The van der Waals surface area contributed by atoms with E-state index in [1.54, 1.807) is 11.0 Å². The number of nitrogens with one attached hydrogen (secondary N) is 1. The third-order valence-electron chi connectivity index (χ3n) is 5.80. The molecule has 1 aliphatic rings. The molecule has 154 valence electrons. The molecule has 0 radical (unpaired) electrons. The number of anilines is 1. The summed E-state index contributed by atoms with van der Waals surface area (Å²) in [6.45, 7) is 16.9. The molecule has 0 saturated carbocycles. The van der Waals surface area contributed by atoms with E-state index < -0.39 is 8.32 Å². The molecule has 1 aromatic rings. The van der Waals surface area contributed by atoms with Crippen LogP contribution in [0, 0.1) is 5.92 Å². The Balaban J connectivity index is 2.15. The van der Waals surface area contributed by atoms with E-state index in [-0.39, 0.29) is 29.0 Å². The van der Waals surface area contributed by atoms with Crippen LogP contribution < -0.4 is 5.32 Å². The first kappa shape index (κ1) is 23.1. The first-order valence-corrected chi connectivity index (χ1v) is 13.3. The van der Waals surface area contributed by atoms with Crippen molar-refractivity contribution in [3.63, 3.8) is 0 Å².